The van der Waals surface area contributed by atoms with E-state index in [1.165, 1.54) is 10.8 Å². The first-order valence-electron chi connectivity index (χ1n) is 8.46. The molecule has 0 saturated carbocycles. The molecule has 8 nitrogen and oxygen atoms in total. The van der Waals surface area contributed by atoms with Gasteiger partial charge in [-0.2, -0.15) is 0 Å². The molecule has 3 heterocycles. The SMILES string of the molecule is O=C(CSc1nc2cc(Cl)ccc2c(=O)n1Cc1ccco1)N1CCNC1=O. The second-order valence-corrected chi connectivity index (χ2v) is 7.47. The molecule has 2 aromatic heterocycles. The summed E-state index contributed by atoms with van der Waals surface area (Å²) < 4.78 is 6.81. The molecule has 0 spiro atoms. The Kier molecular flexibility index (Phi) is 5.10. The molecule has 1 aliphatic heterocycles. The lowest BCUT2D eigenvalue weighted by atomic mass is 10.2. The molecule has 3 aromatic rings. The molecule has 3 amide bonds. The van der Waals surface area contributed by atoms with Gasteiger partial charge < -0.3 is 9.73 Å². The first-order valence-corrected chi connectivity index (χ1v) is 9.83. The fourth-order valence-corrected chi connectivity index (χ4v) is 3.94. The van der Waals surface area contributed by atoms with Gasteiger partial charge in [-0.15, -0.1) is 0 Å². The minimum atomic E-state index is -0.406. The molecule has 0 bridgehead atoms. The molecular formula is C18H15ClN4O4S. The van der Waals surface area contributed by atoms with Crippen LogP contribution in [0.2, 0.25) is 5.02 Å². The highest BCUT2D eigenvalue weighted by molar-refractivity contribution is 7.99. The molecule has 1 fully saturated rings. The summed E-state index contributed by atoms with van der Waals surface area (Å²) in [6.45, 7) is 0.946. The van der Waals surface area contributed by atoms with Crippen LogP contribution < -0.4 is 10.9 Å². The van der Waals surface area contributed by atoms with Crippen molar-refractivity contribution in [3.05, 3.63) is 57.7 Å². The van der Waals surface area contributed by atoms with Gasteiger partial charge in [0.15, 0.2) is 5.16 Å². The van der Waals surface area contributed by atoms with Gasteiger partial charge >= 0.3 is 6.03 Å². The highest BCUT2D eigenvalue weighted by Gasteiger charge is 2.26. The van der Waals surface area contributed by atoms with E-state index in [9.17, 15) is 14.4 Å². The standard InChI is InChI=1S/C18H15ClN4O4S/c19-11-3-4-13-14(8-11)21-18(23(16(13)25)9-12-2-1-7-27-12)28-10-15(24)22-6-5-20-17(22)26/h1-4,7-8H,5-6,9-10H2,(H,20,26). The lowest BCUT2D eigenvalue weighted by molar-refractivity contribution is -0.124. The maximum absolute atomic E-state index is 13.0. The second kappa shape index (κ2) is 7.69. The van der Waals surface area contributed by atoms with Crippen molar-refractivity contribution in [2.24, 2.45) is 0 Å². The van der Waals surface area contributed by atoms with Gasteiger partial charge in [0, 0.05) is 18.1 Å². The number of halogens is 1. The number of nitrogens with one attached hydrogen (secondary N) is 1. The second-order valence-electron chi connectivity index (χ2n) is 6.09. The van der Waals surface area contributed by atoms with Crippen molar-refractivity contribution in [2.75, 3.05) is 18.8 Å². The zero-order chi connectivity index (χ0) is 19.7. The summed E-state index contributed by atoms with van der Waals surface area (Å²) >= 11 is 7.13. The summed E-state index contributed by atoms with van der Waals surface area (Å²) in [5.74, 6) is 0.221. The van der Waals surface area contributed by atoms with Crippen LogP contribution in [0.1, 0.15) is 5.76 Å². The van der Waals surface area contributed by atoms with Crippen molar-refractivity contribution in [1.82, 2.24) is 19.8 Å². The van der Waals surface area contributed by atoms with Crippen molar-refractivity contribution in [3.63, 3.8) is 0 Å². The number of aromatic nitrogens is 2. The van der Waals surface area contributed by atoms with Crippen LogP contribution in [0.15, 0.2) is 51.0 Å². The maximum Gasteiger partial charge on any atom is 0.324 e. The summed E-state index contributed by atoms with van der Waals surface area (Å²) in [4.78, 5) is 42.7. The van der Waals surface area contributed by atoms with E-state index in [4.69, 9.17) is 16.0 Å². The van der Waals surface area contributed by atoms with Crippen LogP contribution in [0.4, 0.5) is 4.79 Å². The number of carbonyl (C=O) groups excluding carboxylic acids is 2. The molecule has 4 rings (SSSR count). The third kappa shape index (κ3) is 3.63. The van der Waals surface area contributed by atoms with Crippen LogP contribution >= 0.6 is 23.4 Å². The zero-order valence-corrected chi connectivity index (χ0v) is 16.1. The lowest BCUT2D eigenvalue weighted by Gasteiger charge is -2.14. The molecule has 28 heavy (non-hydrogen) atoms. The fraction of sp³-hybridized carbons (Fsp3) is 0.222. The number of amides is 3. The van der Waals surface area contributed by atoms with Gasteiger partial charge in [0.2, 0.25) is 5.91 Å². The monoisotopic (exact) mass is 418 g/mol. The van der Waals surface area contributed by atoms with E-state index in [2.05, 4.69) is 10.3 Å². The van der Waals surface area contributed by atoms with E-state index in [0.717, 1.165) is 16.7 Å². The van der Waals surface area contributed by atoms with Crippen molar-refractivity contribution in [3.8, 4) is 0 Å². The molecule has 0 radical (unpaired) electrons. The van der Waals surface area contributed by atoms with Crippen LogP contribution in [-0.2, 0) is 11.3 Å². The van der Waals surface area contributed by atoms with Gasteiger partial charge in [0.05, 0.1) is 29.5 Å². The number of rotatable bonds is 5. The van der Waals surface area contributed by atoms with Gasteiger partial charge in [0.25, 0.3) is 5.56 Å². The Morgan fingerprint density at radius 2 is 2.18 bits per heavy atom. The number of benzene rings is 1. The van der Waals surface area contributed by atoms with Crippen molar-refractivity contribution in [1.29, 1.82) is 0 Å². The van der Waals surface area contributed by atoms with Crippen LogP contribution in [0.25, 0.3) is 10.9 Å². The van der Waals surface area contributed by atoms with Gasteiger partial charge in [0.1, 0.15) is 5.76 Å². The Hall–Kier alpha value is -2.78. The summed E-state index contributed by atoms with van der Waals surface area (Å²) in [6, 6.07) is 7.95. The average molecular weight is 419 g/mol. The summed E-state index contributed by atoms with van der Waals surface area (Å²) in [6.07, 6.45) is 1.52. The van der Waals surface area contributed by atoms with Crippen molar-refractivity contribution >= 4 is 46.2 Å². The fourth-order valence-electron chi connectivity index (χ4n) is 2.90. The summed E-state index contributed by atoms with van der Waals surface area (Å²) in [5.41, 5.74) is 0.189. The van der Waals surface area contributed by atoms with E-state index < -0.39 is 6.03 Å². The number of thioether (sulfide) groups is 1. The molecule has 10 heteroatoms. The highest BCUT2D eigenvalue weighted by Crippen LogP contribution is 2.22. The Morgan fingerprint density at radius 3 is 2.89 bits per heavy atom. The van der Waals surface area contributed by atoms with Gasteiger partial charge in [-0.05, 0) is 30.3 Å². The Bertz CT molecular complexity index is 1110. The predicted octanol–water partition coefficient (Wildman–Crippen LogP) is 2.34. The van der Waals surface area contributed by atoms with Crippen LogP contribution in [0.3, 0.4) is 0 Å². The topological polar surface area (TPSA) is 97.4 Å². The van der Waals surface area contributed by atoms with Gasteiger partial charge in [-0.25, -0.2) is 9.78 Å². The number of hydrogen-bond donors (Lipinski definition) is 1. The number of imide groups is 1. The Balaban J connectivity index is 1.69. The van der Waals surface area contributed by atoms with Crippen molar-refractivity contribution in [2.45, 2.75) is 11.7 Å². The number of carbonyl (C=O) groups is 2. The Labute approximate surface area is 168 Å². The number of nitrogens with zero attached hydrogens (tertiary/aromatic N) is 3. The predicted molar refractivity (Wildman–Crippen MR) is 105 cm³/mol. The normalized spacial score (nSPS) is 13.9. The first kappa shape index (κ1) is 18.6. The van der Waals surface area contributed by atoms with Gasteiger partial charge in [-0.1, -0.05) is 23.4 Å². The molecule has 0 unspecified atom stereocenters. The van der Waals surface area contributed by atoms with E-state index in [1.54, 1.807) is 30.3 Å². The van der Waals surface area contributed by atoms with E-state index in [-0.39, 0.29) is 23.8 Å². The summed E-state index contributed by atoms with van der Waals surface area (Å²) in [7, 11) is 0. The molecule has 1 N–H and O–H groups in total. The zero-order valence-electron chi connectivity index (χ0n) is 14.6. The number of furan rings is 1. The van der Waals surface area contributed by atoms with Crippen LogP contribution in [0.5, 0.6) is 0 Å². The molecule has 1 aliphatic rings. The quantitative estimate of drug-likeness (QED) is 0.504. The summed E-state index contributed by atoms with van der Waals surface area (Å²) in [5, 5.41) is 3.82. The maximum atomic E-state index is 13.0. The Morgan fingerprint density at radius 1 is 1.32 bits per heavy atom. The van der Waals surface area contributed by atoms with Gasteiger partial charge in [-0.3, -0.25) is 19.1 Å². The van der Waals surface area contributed by atoms with E-state index >= 15 is 0 Å². The molecular weight excluding hydrogens is 404 g/mol. The third-order valence-electron chi connectivity index (χ3n) is 4.26. The number of urea groups is 1. The van der Waals surface area contributed by atoms with E-state index in [0.29, 0.717) is 39.9 Å². The molecule has 1 aromatic carbocycles. The molecule has 0 atom stereocenters. The largest absolute Gasteiger partial charge is 0.467 e. The third-order valence-corrected chi connectivity index (χ3v) is 5.46. The smallest absolute Gasteiger partial charge is 0.324 e. The first-order chi connectivity index (χ1) is 13.5. The van der Waals surface area contributed by atoms with E-state index in [1.807, 2.05) is 0 Å². The number of hydrogen-bond acceptors (Lipinski definition) is 6. The minimum absolute atomic E-state index is 0.0237. The van der Waals surface area contributed by atoms with Crippen LogP contribution in [0, 0.1) is 0 Å². The minimum Gasteiger partial charge on any atom is -0.467 e. The molecule has 144 valence electrons. The van der Waals surface area contributed by atoms with Crippen LogP contribution in [-0.4, -0.2) is 45.2 Å². The molecule has 1 saturated heterocycles. The lowest BCUT2D eigenvalue weighted by Crippen LogP contribution is -2.35. The highest BCUT2D eigenvalue weighted by atomic mass is 35.5. The molecule has 0 aliphatic carbocycles. The average Bonchev–Trinajstić information content (AvgIpc) is 3.33. The number of fused-ring (bicyclic) bond motifs is 1. The van der Waals surface area contributed by atoms with Crippen molar-refractivity contribution < 1.29 is 14.0 Å².